The lowest BCUT2D eigenvalue weighted by molar-refractivity contribution is -0.0504. The van der Waals surface area contributed by atoms with E-state index in [4.69, 9.17) is 16.1 Å². The van der Waals surface area contributed by atoms with Gasteiger partial charge in [0.1, 0.15) is 5.75 Å². The minimum Gasteiger partial charge on any atom is -0.434 e. The molecule has 2 N–H and O–H groups in total. The van der Waals surface area contributed by atoms with E-state index in [-0.39, 0.29) is 36.3 Å². The number of benzene rings is 1. The zero-order valence-corrected chi connectivity index (χ0v) is 17.9. The van der Waals surface area contributed by atoms with Crippen LogP contribution in [0, 0.1) is 6.92 Å². The van der Waals surface area contributed by atoms with Gasteiger partial charge in [0.05, 0.1) is 6.54 Å². The quantitative estimate of drug-likeness (QED) is 0.318. The van der Waals surface area contributed by atoms with Crippen molar-refractivity contribution in [1.29, 1.82) is 0 Å². The average Bonchev–Trinajstić information content (AvgIpc) is 2.99. The third-order valence-electron chi connectivity index (χ3n) is 3.19. The van der Waals surface area contributed by atoms with Gasteiger partial charge in [-0.25, -0.2) is 4.99 Å². The normalized spacial score (nSPS) is 11.3. The maximum absolute atomic E-state index is 12.5. The number of alkyl halides is 2. The zero-order chi connectivity index (χ0) is 18.9. The van der Waals surface area contributed by atoms with Crippen LogP contribution in [0.2, 0.25) is 5.02 Å². The Labute approximate surface area is 177 Å². The predicted octanol–water partition coefficient (Wildman–Crippen LogP) is 3.55. The highest BCUT2D eigenvalue weighted by atomic mass is 127. The number of aliphatic imine (C=N–C) groups is 1. The predicted molar refractivity (Wildman–Crippen MR) is 109 cm³/mol. The van der Waals surface area contributed by atoms with E-state index in [1.807, 2.05) is 6.92 Å². The van der Waals surface area contributed by atoms with Gasteiger partial charge < -0.3 is 19.9 Å². The van der Waals surface area contributed by atoms with Gasteiger partial charge in [0.2, 0.25) is 5.89 Å². The van der Waals surface area contributed by atoms with Crippen LogP contribution >= 0.6 is 35.6 Å². The molecule has 27 heavy (non-hydrogen) atoms. The number of hydrogen-bond donors (Lipinski definition) is 2. The Morgan fingerprint density at radius 3 is 2.78 bits per heavy atom. The van der Waals surface area contributed by atoms with Crippen LogP contribution in [0.1, 0.15) is 24.2 Å². The molecule has 2 rings (SSSR count). The van der Waals surface area contributed by atoms with Crippen LogP contribution < -0.4 is 15.4 Å². The Hall–Kier alpha value is -1.69. The summed E-state index contributed by atoms with van der Waals surface area (Å²) >= 11 is 5.94. The topological polar surface area (TPSA) is 84.6 Å². The smallest absolute Gasteiger partial charge is 0.387 e. The summed E-state index contributed by atoms with van der Waals surface area (Å²) in [5.74, 6) is 1.67. The zero-order valence-electron chi connectivity index (χ0n) is 14.8. The molecule has 0 saturated heterocycles. The summed E-state index contributed by atoms with van der Waals surface area (Å²) in [6, 6.07) is 4.44. The summed E-state index contributed by atoms with van der Waals surface area (Å²) in [6.07, 6.45) is 0.530. The van der Waals surface area contributed by atoms with E-state index in [0.717, 1.165) is 0 Å². The van der Waals surface area contributed by atoms with E-state index in [1.165, 1.54) is 12.1 Å². The summed E-state index contributed by atoms with van der Waals surface area (Å²) in [5, 5.41) is 10.3. The van der Waals surface area contributed by atoms with E-state index < -0.39 is 6.61 Å². The van der Waals surface area contributed by atoms with Gasteiger partial charge in [-0.05, 0) is 32.0 Å². The molecule has 1 aromatic heterocycles. The first-order chi connectivity index (χ1) is 12.5. The Morgan fingerprint density at radius 1 is 1.37 bits per heavy atom. The van der Waals surface area contributed by atoms with Crippen molar-refractivity contribution < 1.29 is 18.0 Å². The molecule has 0 saturated carbocycles. The van der Waals surface area contributed by atoms with Crippen LogP contribution in [-0.4, -0.2) is 35.8 Å². The molecule has 1 aromatic carbocycles. The van der Waals surface area contributed by atoms with Gasteiger partial charge >= 0.3 is 6.61 Å². The largest absolute Gasteiger partial charge is 0.434 e. The van der Waals surface area contributed by atoms with Crippen molar-refractivity contribution >= 4 is 41.5 Å². The Bertz CT molecular complexity index is 745. The van der Waals surface area contributed by atoms with E-state index >= 15 is 0 Å². The Morgan fingerprint density at radius 2 is 2.15 bits per heavy atom. The van der Waals surface area contributed by atoms with Gasteiger partial charge in [-0.3, -0.25) is 0 Å². The van der Waals surface area contributed by atoms with E-state index in [2.05, 4.69) is 30.5 Å². The number of aromatic nitrogens is 2. The second-order valence-electron chi connectivity index (χ2n) is 5.24. The molecule has 0 aliphatic heterocycles. The lowest BCUT2D eigenvalue weighted by Crippen LogP contribution is -2.38. The van der Waals surface area contributed by atoms with Gasteiger partial charge in [-0.15, -0.1) is 24.0 Å². The average molecular weight is 516 g/mol. The maximum Gasteiger partial charge on any atom is 0.387 e. The fraction of sp³-hybridized carbons (Fsp3) is 0.438. The highest BCUT2D eigenvalue weighted by molar-refractivity contribution is 14.0. The molecule has 0 unspecified atom stereocenters. The molecule has 11 heteroatoms. The number of aryl methyl sites for hydroxylation is 1. The lowest BCUT2D eigenvalue weighted by Gasteiger charge is -2.12. The van der Waals surface area contributed by atoms with Crippen LogP contribution in [0.3, 0.4) is 0 Å². The first-order valence-corrected chi connectivity index (χ1v) is 8.40. The van der Waals surface area contributed by atoms with Crippen molar-refractivity contribution in [3.8, 4) is 5.75 Å². The molecule has 0 atom stereocenters. The van der Waals surface area contributed by atoms with Crippen molar-refractivity contribution in [2.45, 2.75) is 33.4 Å². The van der Waals surface area contributed by atoms with E-state index in [0.29, 0.717) is 47.8 Å². The Kier molecular flexibility index (Phi) is 10.3. The van der Waals surface area contributed by atoms with Gasteiger partial charge in [0.25, 0.3) is 0 Å². The molecule has 0 amide bonds. The molecule has 150 valence electrons. The number of nitrogens with one attached hydrogen (secondary N) is 2. The fourth-order valence-corrected chi connectivity index (χ4v) is 2.31. The minimum atomic E-state index is -2.91. The van der Waals surface area contributed by atoms with Crippen molar-refractivity contribution in [2.24, 2.45) is 4.99 Å². The first kappa shape index (κ1) is 23.3. The van der Waals surface area contributed by atoms with E-state index in [1.54, 1.807) is 13.0 Å². The molecular weight excluding hydrogens is 495 g/mol. The maximum atomic E-state index is 12.5. The molecule has 2 aromatic rings. The monoisotopic (exact) mass is 515 g/mol. The fourth-order valence-electron chi connectivity index (χ4n) is 2.12. The summed E-state index contributed by atoms with van der Waals surface area (Å²) in [7, 11) is 0. The lowest BCUT2D eigenvalue weighted by atomic mass is 10.2. The molecule has 1 heterocycles. The molecular formula is C16H21ClF2IN5O2. The van der Waals surface area contributed by atoms with Crippen LogP contribution in [0.5, 0.6) is 5.75 Å². The Balaban J connectivity index is 0.00000364. The van der Waals surface area contributed by atoms with Gasteiger partial charge in [-0.1, -0.05) is 16.8 Å². The summed E-state index contributed by atoms with van der Waals surface area (Å²) in [6.45, 7) is 2.03. The number of ether oxygens (including phenoxy) is 1. The summed E-state index contributed by atoms with van der Waals surface area (Å²) < 4.78 is 34.6. The summed E-state index contributed by atoms with van der Waals surface area (Å²) in [4.78, 5) is 8.49. The third kappa shape index (κ3) is 8.24. The van der Waals surface area contributed by atoms with Crippen molar-refractivity contribution in [1.82, 2.24) is 20.8 Å². The van der Waals surface area contributed by atoms with Crippen molar-refractivity contribution in [3.05, 3.63) is 40.5 Å². The number of halogens is 4. The highest BCUT2D eigenvalue weighted by Gasteiger charge is 2.10. The molecule has 0 radical (unpaired) electrons. The van der Waals surface area contributed by atoms with Crippen LogP contribution in [-0.2, 0) is 13.0 Å². The van der Waals surface area contributed by atoms with Crippen molar-refractivity contribution in [2.75, 3.05) is 13.1 Å². The van der Waals surface area contributed by atoms with Gasteiger partial charge in [-0.2, -0.15) is 13.8 Å². The third-order valence-corrected chi connectivity index (χ3v) is 3.43. The van der Waals surface area contributed by atoms with Gasteiger partial charge in [0.15, 0.2) is 11.8 Å². The molecule has 0 aliphatic carbocycles. The highest BCUT2D eigenvalue weighted by Crippen LogP contribution is 2.25. The van der Waals surface area contributed by atoms with Crippen LogP contribution in [0.25, 0.3) is 0 Å². The molecule has 0 aliphatic rings. The van der Waals surface area contributed by atoms with E-state index in [9.17, 15) is 8.78 Å². The second-order valence-corrected chi connectivity index (χ2v) is 5.67. The minimum absolute atomic E-state index is 0. The molecule has 0 bridgehead atoms. The molecule has 0 spiro atoms. The van der Waals surface area contributed by atoms with Crippen molar-refractivity contribution in [3.63, 3.8) is 0 Å². The van der Waals surface area contributed by atoms with Crippen LogP contribution in [0.15, 0.2) is 27.7 Å². The number of nitrogens with zero attached hydrogens (tertiary/aromatic N) is 3. The number of rotatable bonds is 8. The summed E-state index contributed by atoms with van der Waals surface area (Å²) in [5.41, 5.74) is 0.461. The molecule has 7 nitrogen and oxygen atoms in total. The second kappa shape index (κ2) is 11.9. The first-order valence-electron chi connectivity index (χ1n) is 8.02. The number of guanidine groups is 1. The van der Waals surface area contributed by atoms with Crippen LogP contribution in [0.4, 0.5) is 8.78 Å². The number of hydrogen-bond acceptors (Lipinski definition) is 5. The SMILES string of the molecule is CCNC(=NCc1cc(Cl)ccc1OC(F)F)NCCc1nc(C)no1.I. The van der Waals surface area contributed by atoms with Gasteiger partial charge in [0, 0.05) is 30.1 Å². The molecule has 0 fully saturated rings. The standard InChI is InChI=1S/C16H20ClF2N5O2.HI/c1-3-20-16(21-7-6-14-23-10(2)24-26-14)22-9-11-8-12(17)4-5-13(11)25-15(18)19;/h4-5,8,15H,3,6-7,9H2,1-2H3,(H2,20,21,22);1H.